The Kier molecular flexibility index (Phi) is 2.26. The van der Waals surface area contributed by atoms with Gasteiger partial charge in [0.15, 0.2) is 5.69 Å². The predicted molar refractivity (Wildman–Crippen MR) is 56.0 cm³/mol. The van der Waals surface area contributed by atoms with Crippen molar-refractivity contribution >= 4 is 17.1 Å². The number of anilines is 1. The van der Waals surface area contributed by atoms with Gasteiger partial charge in [0.25, 0.3) is 5.69 Å². The van der Waals surface area contributed by atoms with Gasteiger partial charge in [-0.3, -0.25) is 10.1 Å². The summed E-state index contributed by atoms with van der Waals surface area (Å²) in [6.45, 7) is 6.79. The Morgan fingerprint density at radius 1 is 1.53 bits per heavy atom. The van der Waals surface area contributed by atoms with Gasteiger partial charge in [0.2, 0.25) is 0 Å². The standard InChI is InChI=1S/C10H9N3O2/c1-11-8-4-5-9(12-7-2-3-7)10(6-8)13(14)15/h4-7,12H,2-3H2. The molecule has 5 nitrogen and oxygen atoms in total. The van der Waals surface area contributed by atoms with Crippen LogP contribution >= 0.6 is 0 Å². The van der Waals surface area contributed by atoms with Crippen molar-refractivity contribution in [2.75, 3.05) is 5.32 Å². The van der Waals surface area contributed by atoms with Crippen LogP contribution in [0.15, 0.2) is 18.2 Å². The van der Waals surface area contributed by atoms with Crippen molar-refractivity contribution in [3.8, 4) is 0 Å². The largest absolute Gasteiger partial charge is 0.377 e. The molecule has 1 aromatic rings. The molecule has 1 saturated carbocycles. The molecule has 0 amide bonds. The normalized spacial score (nSPS) is 14.3. The van der Waals surface area contributed by atoms with E-state index in [-0.39, 0.29) is 5.69 Å². The third-order valence-electron chi connectivity index (χ3n) is 2.24. The zero-order valence-electron chi connectivity index (χ0n) is 7.93. The fraction of sp³-hybridized carbons (Fsp3) is 0.300. The molecule has 2 rings (SSSR count). The number of rotatable bonds is 3. The molecule has 0 bridgehead atoms. The number of nitro benzene ring substituents is 1. The molecule has 0 unspecified atom stereocenters. The first kappa shape index (κ1) is 9.46. The van der Waals surface area contributed by atoms with Gasteiger partial charge in [-0.25, -0.2) is 4.85 Å². The smallest absolute Gasteiger partial charge is 0.282 e. The third kappa shape index (κ3) is 2.05. The van der Waals surface area contributed by atoms with Gasteiger partial charge in [0, 0.05) is 12.1 Å². The predicted octanol–water partition coefficient (Wildman–Crippen LogP) is 2.72. The first-order valence-corrected chi connectivity index (χ1v) is 4.63. The molecule has 0 radical (unpaired) electrons. The van der Waals surface area contributed by atoms with E-state index in [9.17, 15) is 10.1 Å². The second-order valence-electron chi connectivity index (χ2n) is 3.49. The van der Waals surface area contributed by atoms with Crippen LogP contribution < -0.4 is 5.32 Å². The molecule has 1 N–H and O–H groups in total. The Morgan fingerprint density at radius 2 is 2.27 bits per heavy atom. The first-order chi connectivity index (χ1) is 7.20. The Morgan fingerprint density at radius 3 is 2.80 bits per heavy atom. The fourth-order valence-corrected chi connectivity index (χ4v) is 1.31. The number of nitro groups is 1. The van der Waals surface area contributed by atoms with E-state index in [0.29, 0.717) is 17.4 Å². The van der Waals surface area contributed by atoms with Crippen molar-refractivity contribution in [3.63, 3.8) is 0 Å². The van der Waals surface area contributed by atoms with Gasteiger partial charge in [-0.05, 0) is 18.9 Å². The topological polar surface area (TPSA) is 59.5 Å². The molecule has 1 aromatic carbocycles. The summed E-state index contributed by atoms with van der Waals surface area (Å²) >= 11 is 0. The molecule has 0 heterocycles. The molecule has 0 aromatic heterocycles. The Hall–Kier alpha value is -2.09. The Labute approximate surface area is 86.7 Å². The van der Waals surface area contributed by atoms with Crippen molar-refractivity contribution in [3.05, 3.63) is 39.7 Å². The molecule has 1 aliphatic carbocycles. The van der Waals surface area contributed by atoms with Gasteiger partial charge in [0.1, 0.15) is 5.69 Å². The fourth-order valence-electron chi connectivity index (χ4n) is 1.31. The zero-order valence-corrected chi connectivity index (χ0v) is 7.93. The zero-order chi connectivity index (χ0) is 10.8. The van der Waals surface area contributed by atoms with E-state index < -0.39 is 4.92 Å². The van der Waals surface area contributed by atoms with Crippen molar-refractivity contribution in [1.82, 2.24) is 0 Å². The number of nitrogens with zero attached hydrogens (tertiary/aromatic N) is 2. The van der Waals surface area contributed by atoms with Crippen LogP contribution in [0, 0.1) is 16.7 Å². The third-order valence-corrected chi connectivity index (χ3v) is 2.24. The lowest BCUT2D eigenvalue weighted by atomic mass is 10.2. The van der Waals surface area contributed by atoms with E-state index in [1.165, 1.54) is 6.07 Å². The number of hydrogen-bond donors (Lipinski definition) is 1. The SMILES string of the molecule is [C-]#[N+]c1ccc(NC2CC2)c([N+](=O)[O-])c1. The number of hydrogen-bond acceptors (Lipinski definition) is 3. The van der Waals surface area contributed by atoms with Gasteiger partial charge >= 0.3 is 0 Å². The molecular formula is C10H9N3O2. The summed E-state index contributed by atoms with van der Waals surface area (Å²) in [5, 5.41) is 13.8. The minimum atomic E-state index is -0.459. The van der Waals surface area contributed by atoms with E-state index in [1.54, 1.807) is 12.1 Å². The first-order valence-electron chi connectivity index (χ1n) is 4.63. The van der Waals surface area contributed by atoms with E-state index in [1.807, 2.05) is 0 Å². The molecule has 1 aliphatic rings. The maximum absolute atomic E-state index is 10.8. The minimum absolute atomic E-state index is 0.0181. The van der Waals surface area contributed by atoms with Crippen LogP contribution in [0.5, 0.6) is 0 Å². The minimum Gasteiger partial charge on any atom is -0.377 e. The summed E-state index contributed by atoms with van der Waals surface area (Å²) in [6.07, 6.45) is 2.11. The van der Waals surface area contributed by atoms with Crippen LogP contribution in [0.3, 0.4) is 0 Å². The van der Waals surface area contributed by atoms with Gasteiger partial charge in [0.05, 0.1) is 11.5 Å². The lowest BCUT2D eigenvalue weighted by Crippen LogP contribution is -2.03. The van der Waals surface area contributed by atoms with E-state index >= 15 is 0 Å². The highest BCUT2D eigenvalue weighted by atomic mass is 16.6. The summed E-state index contributed by atoms with van der Waals surface area (Å²) in [7, 11) is 0. The second-order valence-corrected chi connectivity index (χ2v) is 3.49. The molecule has 0 saturated heterocycles. The molecule has 0 aliphatic heterocycles. The molecular weight excluding hydrogens is 194 g/mol. The van der Waals surface area contributed by atoms with Crippen molar-refractivity contribution in [2.45, 2.75) is 18.9 Å². The Bertz CT molecular complexity index is 446. The molecule has 15 heavy (non-hydrogen) atoms. The van der Waals surface area contributed by atoms with E-state index in [0.717, 1.165) is 12.8 Å². The summed E-state index contributed by atoms with van der Waals surface area (Å²) in [5.41, 5.74) is 0.786. The lowest BCUT2D eigenvalue weighted by Gasteiger charge is -2.05. The molecule has 0 atom stereocenters. The van der Waals surface area contributed by atoms with Crippen molar-refractivity contribution in [1.29, 1.82) is 0 Å². The van der Waals surface area contributed by atoms with Gasteiger partial charge < -0.3 is 5.32 Å². The monoisotopic (exact) mass is 203 g/mol. The highest BCUT2D eigenvalue weighted by molar-refractivity contribution is 5.68. The van der Waals surface area contributed by atoms with Crippen LogP contribution in [0.1, 0.15) is 12.8 Å². The highest BCUT2D eigenvalue weighted by Crippen LogP contribution is 2.33. The van der Waals surface area contributed by atoms with Crippen molar-refractivity contribution in [2.24, 2.45) is 0 Å². The molecule has 76 valence electrons. The van der Waals surface area contributed by atoms with E-state index in [2.05, 4.69) is 10.2 Å². The van der Waals surface area contributed by atoms with Crippen LogP contribution in [-0.4, -0.2) is 11.0 Å². The van der Waals surface area contributed by atoms with Crippen LogP contribution in [0.2, 0.25) is 0 Å². The van der Waals surface area contributed by atoms with Crippen LogP contribution in [-0.2, 0) is 0 Å². The summed E-state index contributed by atoms with van der Waals surface area (Å²) in [5.74, 6) is 0. The molecule has 1 fully saturated rings. The molecule has 5 heteroatoms. The number of benzene rings is 1. The average molecular weight is 203 g/mol. The quantitative estimate of drug-likeness (QED) is 0.466. The highest BCUT2D eigenvalue weighted by Gasteiger charge is 2.24. The van der Waals surface area contributed by atoms with Crippen LogP contribution in [0.4, 0.5) is 17.1 Å². The Balaban J connectivity index is 2.35. The van der Waals surface area contributed by atoms with Crippen LogP contribution in [0.25, 0.3) is 4.85 Å². The number of nitrogens with one attached hydrogen (secondary N) is 1. The van der Waals surface area contributed by atoms with Gasteiger partial charge in [-0.15, -0.1) is 0 Å². The lowest BCUT2D eigenvalue weighted by molar-refractivity contribution is -0.383. The average Bonchev–Trinajstić information content (AvgIpc) is 3.02. The molecule has 0 spiro atoms. The maximum atomic E-state index is 10.8. The summed E-state index contributed by atoms with van der Waals surface area (Å²) < 4.78 is 0. The van der Waals surface area contributed by atoms with Gasteiger partial charge in [-0.2, -0.15) is 0 Å². The second kappa shape index (κ2) is 3.58. The van der Waals surface area contributed by atoms with Crippen molar-refractivity contribution < 1.29 is 4.92 Å². The van der Waals surface area contributed by atoms with E-state index in [4.69, 9.17) is 6.57 Å². The van der Waals surface area contributed by atoms with Gasteiger partial charge in [-0.1, -0.05) is 6.07 Å². The summed E-state index contributed by atoms with van der Waals surface area (Å²) in [6, 6.07) is 4.86. The summed E-state index contributed by atoms with van der Waals surface area (Å²) in [4.78, 5) is 13.5. The maximum Gasteiger partial charge on any atom is 0.282 e.